The molecule has 0 aliphatic heterocycles. The Morgan fingerprint density at radius 3 is 1.95 bits per heavy atom. The predicted molar refractivity (Wildman–Crippen MR) is 65.3 cm³/mol. The van der Waals surface area contributed by atoms with Crippen LogP contribution in [-0.2, 0) is 12.4 Å². The van der Waals surface area contributed by atoms with E-state index in [-0.39, 0.29) is 11.9 Å². The lowest BCUT2D eigenvalue weighted by Crippen LogP contribution is -2.28. The van der Waals surface area contributed by atoms with E-state index in [0.717, 1.165) is 0 Å². The fourth-order valence-corrected chi connectivity index (χ4v) is 1.70. The van der Waals surface area contributed by atoms with Gasteiger partial charge in [0.15, 0.2) is 5.78 Å². The Balaban J connectivity index is 3.51. The van der Waals surface area contributed by atoms with Gasteiger partial charge in [-0.25, -0.2) is 0 Å². The smallest absolute Gasteiger partial charge is 0.294 e. The molecule has 0 N–H and O–H groups in total. The van der Waals surface area contributed by atoms with Crippen LogP contribution in [0.1, 0.15) is 35.3 Å². The van der Waals surface area contributed by atoms with E-state index < -0.39 is 40.2 Å². The second-order valence-electron chi connectivity index (χ2n) is 5.10. The molecule has 118 valence electrons. The maximum atomic E-state index is 12.9. The minimum Gasteiger partial charge on any atom is -0.294 e. The Labute approximate surface area is 121 Å². The fraction of sp³-hybridized carbons (Fsp3) is 0.462. The van der Waals surface area contributed by atoms with Crippen molar-refractivity contribution in [2.24, 2.45) is 5.41 Å². The zero-order chi connectivity index (χ0) is 16.6. The normalized spacial score (nSPS) is 13.4. The van der Waals surface area contributed by atoms with Gasteiger partial charge in [-0.1, -0.05) is 19.9 Å². The van der Waals surface area contributed by atoms with Gasteiger partial charge in [0.05, 0.1) is 11.1 Å². The molecule has 0 aliphatic carbocycles. The highest BCUT2D eigenvalue weighted by Gasteiger charge is 2.41. The number of benzene rings is 1. The van der Waals surface area contributed by atoms with Crippen molar-refractivity contribution < 1.29 is 31.1 Å². The molecule has 0 bridgehead atoms. The molecule has 0 amide bonds. The van der Waals surface area contributed by atoms with Crippen molar-refractivity contribution in [2.45, 2.75) is 26.2 Å². The molecule has 1 rings (SSSR count). The highest BCUT2D eigenvalue weighted by Crippen LogP contribution is 2.39. The molecule has 0 heterocycles. The van der Waals surface area contributed by atoms with E-state index in [1.54, 1.807) is 0 Å². The number of Topliss-reactive ketones (excluding diaryl/α,β-unsaturated/α-hetero) is 1. The van der Waals surface area contributed by atoms with Crippen LogP contribution in [-0.4, -0.2) is 11.7 Å². The molecule has 21 heavy (non-hydrogen) atoms. The van der Waals surface area contributed by atoms with Crippen LogP contribution in [0.25, 0.3) is 0 Å². The number of halogens is 7. The summed E-state index contributed by atoms with van der Waals surface area (Å²) in [6.45, 7) is 2.64. The van der Waals surface area contributed by atoms with Crippen LogP contribution in [0.5, 0.6) is 0 Å². The Hall–Kier alpha value is -1.24. The Bertz CT molecular complexity index is 545. The number of hydrogen-bond acceptors (Lipinski definition) is 1. The van der Waals surface area contributed by atoms with Gasteiger partial charge in [-0.2, -0.15) is 26.3 Å². The van der Waals surface area contributed by atoms with Crippen LogP contribution >= 0.6 is 11.6 Å². The molecule has 0 unspecified atom stereocenters. The standard InChI is InChI=1S/C13H11ClF6O/c1-11(2,6-14)10(21)8-4-3-7(12(15,16)17)5-9(8)13(18,19)20/h3-5H,6H2,1-2H3. The van der Waals surface area contributed by atoms with Crippen molar-refractivity contribution in [1.29, 1.82) is 0 Å². The third-order valence-corrected chi connectivity index (χ3v) is 3.51. The first-order valence-corrected chi connectivity index (χ1v) is 6.23. The Morgan fingerprint density at radius 1 is 1.05 bits per heavy atom. The molecular formula is C13H11ClF6O. The first-order chi connectivity index (χ1) is 9.30. The minimum absolute atomic E-state index is 0.0580. The second kappa shape index (κ2) is 5.51. The molecule has 0 atom stereocenters. The lowest BCUT2D eigenvalue weighted by Gasteiger charge is -2.23. The van der Waals surface area contributed by atoms with E-state index >= 15 is 0 Å². The van der Waals surface area contributed by atoms with E-state index in [2.05, 4.69) is 0 Å². The number of carbonyl (C=O) groups is 1. The second-order valence-corrected chi connectivity index (χ2v) is 5.37. The van der Waals surface area contributed by atoms with Crippen LogP contribution in [0.15, 0.2) is 18.2 Å². The topological polar surface area (TPSA) is 17.1 Å². The van der Waals surface area contributed by atoms with Gasteiger partial charge in [0, 0.05) is 16.9 Å². The van der Waals surface area contributed by atoms with Gasteiger partial charge >= 0.3 is 12.4 Å². The number of alkyl halides is 7. The lowest BCUT2D eigenvalue weighted by molar-refractivity contribution is -0.143. The molecule has 0 aromatic heterocycles. The molecule has 0 fully saturated rings. The van der Waals surface area contributed by atoms with Crippen LogP contribution < -0.4 is 0 Å². The molecule has 0 saturated heterocycles. The van der Waals surface area contributed by atoms with Crippen LogP contribution in [0, 0.1) is 5.41 Å². The molecule has 0 aliphatic rings. The van der Waals surface area contributed by atoms with Crippen molar-refractivity contribution in [1.82, 2.24) is 0 Å². The maximum Gasteiger partial charge on any atom is 0.417 e. The monoisotopic (exact) mass is 332 g/mol. The summed E-state index contributed by atoms with van der Waals surface area (Å²) in [5.41, 5.74) is -5.21. The molecular weight excluding hydrogens is 322 g/mol. The molecule has 1 aromatic rings. The molecule has 1 nitrogen and oxygen atoms in total. The third kappa shape index (κ3) is 3.90. The van der Waals surface area contributed by atoms with Gasteiger partial charge in [0.25, 0.3) is 0 Å². The van der Waals surface area contributed by atoms with Crippen LogP contribution in [0.3, 0.4) is 0 Å². The minimum atomic E-state index is -5.07. The predicted octanol–water partition coefficient (Wildman–Crippen LogP) is 5.17. The highest BCUT2D eigenvalue weighted by molar-refractivity contribution is 6.21. The van der Waals surface area contributed by atoms with Crippen molar-refractivity contribution in [2.75, 3.05) is 5.88 Å². The van der Waals surface area contributed by atoms with Gasteiger partial charge in [0.1, 0.15) is 0 Å². The van der Waals surface area contributed by atoms with Crippen molar-refractivity contribution in [3.8, 4) is 0 Å². The summed E-state index contributed by atoms with van der Waals surface area (Å²) in [5, 5.41) is 0. The number of carbonyl (C=O) groups excluding carboxylic acids is 1. The molecule has 0 saturated carbocycles. The summed E-state index contributed by atoms with van der Waals surface area (Å²) in [6, 6.07) is 0.937. The quantitative estimate of drug-likeness (QED) is 0.424. The summed E-state index contributed by atoms with van der Waals surface area (Å²) >= 11 is 5.53. The molecule has 1 aromatic carbocycles. The number of hydrogen-bond donors (Lipinski definition) is 0. The van der Waals surface area contributed by atoms with Gasteiger partial charge in [-0.15, -0.1) is 11.6 Å². The summed E-state index contributed by atoms with van der Waals surface area (Å²) in [7, 11) is 0. The number of ketones is 1. The molecule has 0 radical (unpaired) electrons. The first kappa shape index (κ1) is 17.8. The lowest BCUT2D eigenvalue weighted by atomic mass is 9.84. The van der Waals surface area contributed by atoms with Gasteiger partial charge < -0.3 is 0 Å². The largest absolute Gasteiger partial charge is 0.417 e. The summed E-state index contributed by atoms with van der Waals surface area (Å²) < 4.78 is 76.3. The number of rotatable bonds is 3. The fourth-order valence-electron chi connectivity index (χ4n) is 1.58. The average molecular weight is 333 g/mol. The van der Waals surface area contributed by atoms with Gasteiger partial charge in [-0.3, -0.25) is 4.79 Å². The van der Waals surface area contributed by atoms with E-state index in [0.29, 0.717) is 12.1 Å². The van der Waals surface area contributed by atoms with E-state index in [4.69, 9.17) is 11.6 Å². The highest BCUT2D eigenvalue weighted by atomic mass is 35.5. The summed E-state index contributed by atoms with van der Waals surface area (Å²) in [5.74, 6) is -1.22. The van der Waals surface area contributed by atoms with E-state index in [9.17, 15) is 31.1 Å². The summed E-state index contributed by atoms with van der Waals surface area (Å²) in [4.78, 5) is 12.1. The average Bonchev–Trinajstić information content (AvgIpc) is 2.35. The molecule has 8 heteroatoms. The Kier molecular flexibility index (Phi) is 4.68. The van der Waals surface area contributed by atoms with Crippen LogP contribution in [0.4, 0.5) is 26.3 Å². The third-order valence-electron chi connectivity index (χ3n) is 2.85. The van der Waals surface area contributed by atoms with Crippen molar-refractivity contribution in [3.63, 3.8) is 0 Å². The zero-order valence-corrected chi connectivity index (χ0v) is 11.7. The van der Waals surface area contributed by atoms with Gasteiger partial charge in [0.2, 0.25) is 0 Å². The van der Waals surface area contributed by atoms with Crippen molar-refractivity contribution >= 4 is 17.4 Å². The van der Waals surface area contributed by atoms with Gasteiger partial charge in [-0.05, 0) is 12.1 Å². The Morgan fingerprint density at radius 2 is 1.57 bits per heavy atom. The zero-order valence-electron chi connectivity index (χ0n) is 11.0. The summed E-state index contributed by atoms with van der Waals surface area (Å²) in [6.07, 6.45) is -10.0. The van der Waals surface area contributed by atoms with E-state index in [1.165, 1.54) is 13.8 Å². The molecule has 0 spiro atoms. The SMILES string of the molecule is CC(C)(CCl)C(=O)c1ccc(C(F)(F)F)cc1C(F)(F)F. The first-order valence-electron chi connectivity index (χ1n) is 5.70. The maximum absolute atomic E-state index is 12.9. The van der Waals surface area contributed by atoms with Crippen molar-refractivity contribution in [3.05, 3.63) is 34.9 Å². The van der Waals surface area contributed by atoms with E-state index in [1.807, 2.05) is 0 Å². The van der Waals surface area contributed by atoms with Crippen LogP contribution in [0.2, 0.25) is 0 Å².